The van der Waals surface area contributed by atoms with Crippen LogP contribution in [0.1, 0.15) is 29.7 Å². The first-order valence-corrected chi connectivity index (χ1v) is 4.31. The summed E-state index contributed by atoms with van der Waals surface area (Å²) in [4.78, 5) is 4.22. The Balaban J connectivity index is -0.000000180. The van der Waals surface area contributed by atoms with Crippen LogP contribution in [-0.4, -0.2) is 63.7 Å². The van der Waals surface area contributed by atoms with Crippen LogP contribution in [0.2, 0.25) is 0 Å². The molecule has 1 heterocycles. The van der Waals surface area contributed by atoms with Crippen molar-refractivity contribution in [2.75, 3.05) is 53.9 Å². The van der Waals surface area contributed by atoms with Crippen molar-refractivity contribution in [3.05, 3.63) is 0 Å². The van der Waals surface area contributed by atoms with E-state index in [1.807, 2.05) is 14.1 Å². The van der Waals surface area contributed by atoms with Crippen molar-refractivity contribution < 1.29 is 9.47 Å². The van der Waals surface area contributed by atoms with Crippen molar-refractivity contribution in [3.63, 3.8) is 0 Å². The summed E-state index contributed by atoms with van der Waals surface area (Å²) < 4.78 is 10.8. The molecule has 0 aromatic rings. The fourth-order valence-electron chi connectivity index (χ4n) is 1.02. The van der Waals surface area contributed by atoms with Crippen LogP contribution in [0.4, 0.5) is 0 Å². The van der Waals surface area contributed by atoms with E-state index in [0.717, 1.165) is 26.3 Å². The summed E-state index contributed by atoms with van der Waals surface area (Å²) >= 11 is 0. The van der Waals surface area contributed by atoms with Crippen LogP contribution in [0.3, 0.4) is 0 Å². The number of hydrogen-bond donors (Lipinski definition) is 0. The van der Waals surface area contributed by atoms with Crippen molar-refractivity contribution >= 4 is 0 Å². The lowest BCUT2D eigenvalue weighted by molar-refractivity contribution is -0.0428. The molecule has 0 aromatic heterocycles. The largest absolute Gasteiger partial charge is 0.379 e. The lowest BCUT2D eigenvalue weighted by Gasteiger charge is -2.23. The molecule has 1 aliphatic heterocycles. The highest BCUT2D eigenvalue weighted by atomic mass is 16.5. The Hall–Kier alpha value is -0.160. The molecule has 0 aromatic carbocycles. The Bertz CT molecular complexity index is 112. The van der Waals surface area contributed by atoms with E-state index in [0.29, 0.717) is 13.5 Å². The predicted molar refractivity (Wildman–Crippen MR) is 73.8 cm³/mol. The molecule has 104 valence electrons. The molecule has 0 amide bonds. The average molecular weight is 238 g/mol. The Morgan fingerprint density at radius 3 is 1.44 bits per heavy atom. The molecule has 1 saturated heterocycles. The number of likely N-dealkylation sites (N-methyl/N-ethyl adjacent to an activating group) is 2. The zero-order chi connectivity index (χ0) is 8.81. The maximum atomic E-state index is 5.43. The average Bonchev–Trinajstić information content (AvgIpc) is 2.04. The van der Waals surface area contributed by atoms with Gasteiger partial charge in [0.2, 0.25) is 0 Å². The summed E-state index contributed by atoms with van der Waals surface area (Å²) in [5.41, 5.74) is 0. The molecule has 0 saturated carbocycles. The predicted octanol–water partition coefficient (Wildman–Crippen LogP) is 2.36. The molecule has 1 aliphatic rings. The summed E-state index contributed by atoms with van der Waals surface area (Å²) in [5, 5.41) is 0. The molecule has 1 fully saturated rings. The quantitative estimate of drug-likeness (QED) is 0.647. The lowest BCUT2D eigenvalue weighted by Crippen LogP contribution is -2.34. The highest BCUT2D eigenvalue weighted by Gasteiger charge is 2.03. The first-order chi connectivity index (χ1) is 5.79. The maximum absolute atomic E-state index is 5.43. The summed E-state index contributed by atoms with van der Waals surface area (Å²) in [6.45, 7) is 4.87. The third kappa shape index (κ3) is 11.9. The summed E-state index contributed by atoms with van der Waals surface area (Å²) in [6, 6.07) is 0. The molecule has 0 atom stereocenters. The Morgan fingerprint density at radius 1 is 0.688 bits per heavy atom. The highest BCUT2D eigenvalue weighted by Crippen LogP contribution is 1.91. The van der Waals surface area contributed by atoms with Crippen LogP contribution in [-0.2, 0) is 9.47 Å². The van der Waals surface area contributed by atoms with E-state index in [2.05, 4.69) is 9.80 Å². The van der Waals surface area contributed by atoms with E-state index >= 15 is 0 Å². The second-order valence-corrected chi connectivity index (χ2v) is 3.23. The number of hydrogen-bond acceptors (Lipinski definition) is 4. The Morgan fingerprint density at radius 2 is 1.06 bits per heavy atom. The zero-order valence-corrected chi connectivity index (χ0v) is 7.95. The molecule has 0 spiro atoms. The highest BCUT2D eigenvalue weighted by molar-refractivity contribution is 4.49. The van der Waals surface area contributed by atoms with Crippen LogP contribution < -0.4 is 0 Å². The molecule has 4 nitrogen and oxygen atoms in total. The topological polar surface area (TPSA) is 24.9 Å². The minimum atomic E-state index is 0. The SMILES string of the molecule is C.C.C.C.CN1CCOCCN(C)COC1. The van der Waals surface area contributed by atoms with E-state index < -0.39 is 0 Å². The van der Waals surface area contributed by atoms with Crippen molar-refractivity contribution in [2.45, 2.75) is 29.7 Å². The van der Waals surface area contributed by atoms with Crippen molar-refractivity contribution in [1.82, 2.24) is 9.80 Å². The summed E-state index contributed by atoms with van der Waals surface area (Å²) in [7, 11) is 4.07. The van der Waals surface area contributed by atoms with E-state index in [-0.39, 0.29) is 29.7 Å². The standard InChI is InChI=1S/C8H18N2O2.4CH4/c1-9-3-5-11-6-4-10(2)8-12-7-9;;;;/h3-8H2,1-2H3;4*1H4. The van der Waals surface area contributed by atoms with Crippen molar-refractivity contribution in [3.8, 4) is 0 Å². The minimum absolute atomic E-state index is 0. The molecule has 16 heavy (non-hydrogen) atoms. The van der Waals surface area contributed by atoms with Gasteiger partial charge in [0.05, 0.1) is 13.2 Å². The molecular weight excluding hydrogens is 204 g/mol. The van der Waals surface area contributed by atoms with Gasteiger partial charge in [-0.1, -0.05) is 29.7 Å². The van der Waals surface area contributed by atoms with Crippen LogP contribution in [0, 0.1) is 0 Å². The molecule has 0 bridgehead atoms. The van der Waals surface area contributed by atoms with Crippen LogP contribution in [0.25, 0.3) is 0 Å². The molecule has 0 radical (unpaired) electrons. The summed E-state index contributed by atoms with van der Waals surface area (Å²) in [5.74, 6) is 0. The van der Waals surface area contributed by atoms with Gasteiger partial charge in [0.1, 0.15) is 13.5 Å². The van der Waals surface area contributed by atoms with Gasteiger partial charge in [-0.3, -0.25) is 9.80 Å². The van der Waals surface area contributed by atoms with Gasteiger partial charge in [0.25, 0.3) is 0 Å². The lowest BCUT2D eigenvalue weighted by atomic mass is 10.6. The number of rotatable bonds is 0. The van der Waals surface area contributed by atoms with Gasteiger partial charge in [0.15, 0.2) is 0 Å². The normalized spacial score (nSPS) is 19.1. The molecule has 0 N–H and O–H groups in total. The fourth-order valence-corrected chi connectivity index (χ4v) is 1.02. The molecule has 0 aliphatic carbocycles. The maximum Gasteiger partial charge on any atom is 0.101 e. The van der Waals surface area contributed by atoms with Gasteiger partial charge < -0.3 is 9.47 Å². The van der Waals surface area contributed by atoms with Crippen LogP contribution in [0.15, 0.2) is 0 Å². The number of ether oxygens (including phenoxy) is 2. The molecule has 0 unspecified atom stereocenters. The van der Waals surface area contributed by atoms with Gasteiger partial charge in [-0.2, -0.15) is 0 Å². The van der Waals surface area contributed by atoms with E-state index in [4.69, 9.17) is 9.47 Å². The minimum Gasteiger partial charge on any atom is -0.379 e. The first-order valence-electron chi connectivity index (χ1n) is 4.31. The third-order valence-corrected chi connectivity index (χ3v) is 1.86. The Labute approximate surface area is 104 Å². The van der Waals surface area contributed by atoms with E-state index in [9.17, 15) is 0 Å². The number of nitrogens with zero attached hydrogens (tertiary/aromatic N) is 2. The Kier molecular flexibility index (Phi) is 23.1. The molecular formula is C12H34N2O2. The summed E-state index contributed by atoms with van der Waals surface area (Å²) in [6.07, 6.45) is 0. The van der Waals surface area contributed by atoms with Gasteiger partial charge in [-0.25, -0.2) is 0 Å². The molecule has 1 rings (SSSR count). The van der Waals surface area contributed by atoms with Gasteiger partial charge in [-0.15, -0.1) is 0 Å². The van der Waals surface area contributed by atoms with Crippen LogP contribution in [0.5, 0.6) is 0 Å². The third-order valence-electron chi connectivity index (χ3n) is 1.86. The van der Waals surface area contributed by atoms with Crippen molar-refractivity contribution in [1.29, 1.82) is 0 Å². The van der Waals surface area contributed by atoms with E-state index in [1.54, 1.807) is 0 Å². The van der Waals surface area contributed by atoms with Crippen LogP contribution >= 0.6 is 0 Å². The first kappa shape index (κ1) is 24.9. The van der Waals surface area contributed by atoms with Gasteiger partial charge >= 0.3 is 0 Å². The second kappa shape index (κ2) is 14.8. The fraction of sp³-hybridized carbons (Fsp3) is 1.00. The second-order valence-electron chi connectivity index (χ2n) is 3.23. The van der Waals surface area contributed by atoms with E-state index in [1.165, 1.54) is 0 Å². The molecule has 4 heteroatoms. The monoisotopic (exact) mass is 238 g/mol. The zero-order valence-electron chi connectivity index (χ0n) is 7.95. The van der Waals surface area contributed by atoms with Gasteiger partial charge in [-0.05, 0) is 14.1 Å². The van der Waals surface area contributed by atoms with Gasteiger partial charge in [0, 0.05) is 13.1 Å². The smallest absolute Gasteiger partial charge is 0.101 e. The van der Waals surface area contributed by atoms with Crippen molar-refractivity contribution in [2.24, 2.45) is 0 Å².